The van der Waals surface area contributed by atoms with Gasteiger partial charge in [0.1, 0.15) is 5.82 Å². The molecule has 1 atom stereocenters. The van der Waals surface area contributed by atoms with E-state index in [4.69, 9.17) is 0 Å². The molecule has 1 aromatic carbocycles. The number of rotatable bonds is 3. The fourth-order valence-electron chi connectivity index (χ4n) is 2.98. The summed E-state index contributed by atoms with van der Waals surface area (Å²) in [6, 6.07) is 6.48. The summed E-state index contributed by atoms with van der Waals surface area (Å²) in [4.78, 5) is 16.7. The zero-order valence-electron chi connectivity index (χ0n) is 11.9. The molecule has 0 spiro atoms. The van der Waals surface area contributed by atoms with E-state index in [0.29, 0.717) is 11.6 Å². The van der Waals surface area contributed by atoms with Crippen molar-refractivity contribution in [3.63, 3.8) is 0 Å². The van der Waals surface area contributed by atoms with E-state index in [9.17, 15) is 9.18 Å². The minimum absolute atomic E-state index is 0.0173. The van der Waals surface area contributed by atoms with Gasteiger partial charge in [0.15, 0.2) is 0 Å². The van der Waals surface area contributed by atoms with E-state index in [0.717, 1.165) is 32.1 Å². The number of nitrogens with zero attached hydrogens (tertiary/aromatic N) is 2. The summed E-state index contributed by atoms with van der Waals surface area (Å²) in [5.41, 5.74) is 0.579. The zero-order valence-corrected chi connectivity index (χ0v) is 11.9. The Morgan fingerprint density at radius 2 is 1.75 bits per heavy atom. The monoisotopic (exact) mass is 276 g/mol. The van der Waals surface area contributed by atoms with Crippen LogP contribution in [0.15, 0.2) is 24.3 Å². The minimum Gasteiger partial charge on any atom is -0.336 e. The quantitative estimate of drug-likeness (QED) is 0.846. The summed E-state index contributed by atoms with van der Waals surface area (Å²) >= 11 is 0. The fourth-order valence-corrected chi connectivity index (χ4v) is 2.98. The SMILES string of the molecule is CC(C1CC1)N1CCN(C(=O)c2ccc(F)cc2)CC1. The van der Waals surface area contributed by atoms with Crippen molar-refractivity contribution in [3.05, 3.63) is 35.6 Å². The lowest BCUT2D eigenvalue weighted by Gasteiger charge is -2.38. The van der Waals surface area contributed by atoms with Crippen molar-refractivity contribution in [2.24, 2.45) is 5.92 Å². The Balaban J connectivity index is 1.57. The smallest absolute Gasteiger partial charge is 0.253 e. The Labute approximate surface area is 119 Å². The van der Waals surface area contributed by atoms with E-state index < -0.39 is 0 Å². The van der Waals surface area contributed by atoms with E-state index in [-0.39, 0.29) is 11.7 Å². The van der Waals surface area contributed by atoms with E-state index in [1.54, 1.807) is 12.1 Å². The summed E-state index contributed by atoms with van der Waals surface area (Å²) in [6.07, 6.45) is 2.71. The molecule has 1 aliphatic carbocycles. The van der Waals surface area contributed by atoms with Crippen LogP contribution in [-0.2, 0) is 0 Å². The molecule has 0 aromatic heterocycles. The third-order valence-electron chi connectivity index (χ3n) is 4.57. The minimum atomic E-state index is -0.301. The number of amides is 1. The molecule has 1 saturated carbocycles. The second kappa shape index (κ2) is 5.52. The van der Waals surface area contributed by atoms with Crippen LogP contribution in [-0.4, -0.2) is 47.9 Å². The number of halogens is 1. The summed E-state index contributed by atoms with van der Waals surface area (Å²) in [5, 5.41) is 0. The van der Waals surface area contributed by atoms with Gasteiger partial charge in [-0.2, -0.15) is 0 Å². The highest BCUT2D eigenvalue weighted by Crippen LogP contribution is 2.35. The molecule has 0 N–H and O–H groups in total. The number of carbonyl (C=O) groups is 1. The number of piperazine rings is 1. The molecule has 2 aliphatic rings. The van der Waals surface area contributed by atoms with Crippen LogP contribution >= 0.6 is 0 Å². The van der Waals surface area contributed by atoms with E-state index in [2.05, 4.69) is 11.8 Å². The van der Waals surface area contributed by atoms with Crippen molar-refractivity contribution in [2.45, 2.75) is 25.8 Å². The lowest BCUT2D eigenvalue weighted by atomic mass is 10.1. The topological polar surface area (TPSA) is 23.6 Å². The maximum absolute atomic E-state index is 12.9. The first kappa shape index (κ1) is 13.6. The normalized spacial score (nSPS) is 21.8. The largest absolute Gasteiger partial charge is 0.336 e. The molecule has 1 amide bonds. The van der Waals surface area contributed by atoms with Crippen LogP contribution in [0.5, 0.6) is 0 Å². The van der Waals surface area contributed by atoms with Gasteiger partial charge in [-0.15, -0.1) is 0 Å². The summed E-state index contributed by atoms with van der Waals surface area (Å²) in [5.74, 6) is 0.586. The highest BCUT2D eigenvalue weighted by molar-refractivity contribution is 5.94. The lowest BCUT2D eigenvalue weighted by Crippen LogP contribution is -2.51. The number of hydrogen-bond acceptors (Lipinski definition) is 2. The van der Waals surface area contributed by atoms with E-state index in [1.807, 2.05) is 4.90 Å². The van der Waals surface area contributed by atoms with Gasteiger partial charge in [0.25, 0.3) is 5.91 Å². The van der Waals surface area contributed by atoms with Gasteiger partial charge >= 0.3 is 0 Å². The molecule has 4 heteroatoms. The van der Waals surface area contributed by atoms with Gasteiger partial charge in [0.05, 0.1) is 0 Å². The Hall–Kier alpha value is -1.42. The van der Waals surface area contributed by atoms with Crippen LogP contribution in [0, 0.1) is 11.7 Å². The third-order valence-corrected chi connectivity index (χ3v) is 4.57. The number of carbonyl (C=O) groups excluding carboxylic acids is 1. The van der Waals surface area contributed by atoms with Crippen LogP contribution in [0.25, 0.3) is 0 Å². The van der Waals surface area contributed by atoms with Gasteiger partial charge in [-0.3, -0.25) is 9.69 Å². The average Bonchev–Trinajstić information content (AvgIpc) is 3.31. The van der Waals surface area contributed by atoms with Gasteiger partial charge in [-0.1, -0.05) is 0 Å². The Kier molecular flexibility index (Phi) is 3.74. The molecule has 1 aromatic rings. The molecule has 108 valence electrons. The maximum atomic E-state index is 12.9. The molecule has 1 aliphatic heterocycles. The molecular weight excluding hydrogens is 255 g/mol. The van der Waals surface area contributed by atoms with Crippen molar-refractivity contribution in [1.29, 1.82) is 0 Å². The first-order valence-electron chi connectivity index (χ1n) is 7.44. The van der Waals surface area contributed by atoms with Crippen molar-refractivity contribution < 1.29 is 9.18 Å². The third kappa shape index (κ3) is 2.85. The second-order valence-electron chi connectivity index (χ2n) is 5.91. The Morgan fingerprint density at radius 1 is 1.15 bits per heavy atom. The molecule has 1 heterocycles. The number of hydrogen-bond donors (Lipinski definition) is 0. The predicted molar refractivity (Wildman–Crippen MR) is 76.1 cm³/mol. The first-order valence-corrected chi connectivity index (χ1v) is 7.44. The van der Waals surface area contributed by atoms with Crippen LogP contribution in [0.4, 0.5) is 4.39 Å². The fraction of sp³-hybridized carbons (Fsp3) is 0.562. The molecule has 0 radical (unpaired) electrons. The van der Waals surface area contributed by atoms with Gasteiger partial charge in [0, 0.05) is 37.8 Å². The summed E-state index contributed by atoms with van der Waals surface area (Å²) in [6.45, 7) is 5.74. The van der Waals surface area contributed by atoms with Crippen LogP contribution < -0.4 is 0 Å². The van der Waals surface area contributed by atoms with Gasteiger partial charge < -0.3 is 4.90 Å². The highest BCUT2D eigenvalue weighted by atomic mass is 19.1. The van der Waals surface area contributed by atoms with Crippen LogP contribution in [0.1, 0.15) is 30.1 Å². The highest BCUT2D eigenvalue weighted by Gasteiger charge is 2.34. The van der Waals surface area contributed by atoms with Crippen LogP contribution in [0.2, 0.25) is 0 Å². The van der Waals surface area contributed by atoms with Gasteiger partial charge in [-0.25, -0.2) is 4.39 Å². The summed E-state index contributed by atoms with van der Waals surface area (Å²) in [7, 11) is 0. The second-order valence-corrected chi connectivity index (χ2v) is 5.91. The van der Waals surface area contributed by atoms with E-state index >= 15 is 0 Å². The molecular formula is C16H21FN2O. The van der Waals surface area contributed by atoms with Gasteiger partial charge in [0.2, 0.25) is 0 Å². The molecule has 0 bridgehead atoms. The Morgan fingerprint density at radius 3 is 2.30 bits per heavy atom. The van der Waals surface area contributed by atoms with Crippen molar-refractivity contribution in [3.8, 4) is 0 Å². The predicted octanol–water partition coefficient (Wildman–Crippen LogP) is 2.38. The molecule has 2 fully saturated rings. The van der Waals surface area contributed by atoms with E-state index in [1.165, 1.54) is 25.0 Å². The standard InChI is InChI=1S/C16H21FN2O/c1-12(13-2-3-13)18-8-10-19(11-9-18)16(20)14-4-6-15(17)7-5-14/h4-7,12-13H,2-3,8-11H2,1H3. The molecule has 1 saturated heterocycles. The summed E-state index contributed by atoms with van der Waals surface area (Å²) < 4.78 is 12.9. The molecule has 20 heavy (non-hydrogen) atoms. The average molecular weight is 276 g/mol. The zero-order chi connectivity index (χ0) is 14.1. The molecule has 3 nitrogen and oxygen atoms in total. The van der Waals surface area contributed by atoms with Crippen LogP contribution in [0.3, 0.4) is 0 Å². The van der Waals surface area contributed by atoms with Crippen molar-refractivity contribution in [1.82, 2.24) is 9.80 Å². The van der Waals surface area contributed by atoms with Gasteiger partial charge in [-0.05, 0) is 49.9 Å². The number of benzene rings is 1. The Bertz CT molecular complexity index is 476. The van der Waals surface area contributed by atoms with Crippen molar-refractivity contribution in [2.75, 3.05) is 26.2 Å². The first-order chi connectivity index (χ1) is 9.65. The maximum Gasteiger partial charge on any atom is 0.253 e. The molecule has 3 rings (SSSR count). The van der Waals surface area contributed by atoms with Crippen molar-refractivity contribution >= 4 is 5.91 Å². The molecule has 1 unspecified atom stereocenters. The lowest BCUT2D eigenvalue weighted by molar-refractivity contribution is 0.0564.